The van der Waals surface area contributed by atoms with Gasteiger partial charge in [-0.1, -0.05) is 13.8 Å². The summed E-state index contributed by atoms with van der Waals surface area (Å²) in [6.07, 6.45) is 2.17. The first kappa shape index (κ1) is 13.8. The summed E-state index contributed by atoms with van der Waals surface area (Å²) >= 11 is 0. The molecule has 1 aliphatic heterocycles. The molecule has 1 saturated heterocycles. The van der Waals surface area contributed by atoms with Gasteiger partial charge in [-0.2, -0.15) is 0 Å². The zero-order chi connectivity index (χ0) is 14.3. The molecule has 1 aliphatic rings. The third kappa shape index (κ3) is 2.56. The van der Waals surface area contributed by atoms with Crippen molar-refractivity contribution in [3.05, 3.63) is 24.0 Å². The van der Waals surface area contributed by atoms with E-state index in [-0.39, 0.29) is 11.1 Å². The summed E-state index contributed by atoms with van der Waals surface area (Å²) in [5.74, 6) is -1.02. The number of aromatic nitrogens is 1. The van der Waals surface area contributed by atoms with Gasteiger partial charge in [0.25, 0.3) is 0 Å². The predicted octanol–water partition coefficient (Wildman–Crippen LogP) is 1.77. The zero-order valence-corrected chi connectivity index (χ0v) is 11.6. The summed E-state index contributed by atoms with van der Waals surface area (Å²) in [6.45, 7) is 7.30. The maximum absolute atomic E-state index is 10.9. The van der Waals surface area contributed by atoms with E-state index in [1.165, 1.54) is 6.20 Å². The molecule has 104 valence electrons. The lowest BCUT2D eigenvalue weighted by atomic mass is 9.71. The van der Waals surface area contributed by atoms with E-state index in [0.29, 0.717) is 19.5 Å². The lowest BCUT2D eigenvalue weighted by Gasteiger charge is -2.49. The maximum Gasteiger partial charge on any atom is 0.354 e. The second-order valence-electron chi connectivity index (χ2n) is 6.03. The number of carboxylic acids is 1. The van der Waals surface area contributed by atoms with Crippen LogP contribution in [0.1, 0.15) is 37.7 Å². The van der Waals surface area contributed by atoms with Crippen molar-refractivity contribution in [1.82, 2.24) is 4.98 Å². The molecule has 2 rings (SSSR count). The number of piperidine rings is 1. The molecule has 1 fully saturated rings. The summed E-state index contributed by atoms with van der Waals surface area (Å²) in [5, 5.41) is 19.3. The van der Waals surface area contributed by atoms with E-state index in [1.54, 1.807) is 6.07 Å². The van der Waals surface area contributed by atoms with Gasteiger partial charge >= 0.3 is 5.97 Å². The zero-order valence-electron chi connectivity index (χ0n) is 11.6. The quantitative estimate of drug-likeness (QED) is 0.851. The summed E-state index contributed by atoms with van der Waals surface area (Å²) in [5.41, 5.74) is -0.0621. The van der Waals surface area contributed by atoms with Crippen molar-refractivity contribution in [2.24, 2.45) is 5.41 Å². The Bertz CT molecular complexity index is 497. The topological polar surface area (TPSA) is 73.7 Å². The fourth-order valence-corrected chi connectivity index (χ4v) is 2.37. The Hall–Kier alpha value is -1.62. The molecular formula is C14H20N2O3. The summed E-state index contributed by atoms with van der Waals surface area (Å²) in [4.78, 5) is 16.9. The minimum atomic E-state index is -1.02. The SMILES string of the molecule is CC1(C)CN(c2ccnc(C(=O)O)c2)CC[C@]1(C)O. The number of aliphatic hydroxyl groups is 1. The number of aromatic carboxylic acids is 1. The van der Waals surface area contributed by atoms with E-state index in [2.05, 4.69) is 9.88 Å². The van der Waals surface area contributed by atoms with Gasteiger partial charge in [0, 0.05) is 30.4 Å². The number of pyridine rings is 1. The van der Waals surface area contributed by atoms with E-state index in [1.807, 2.05) is 26.8 Å². The van der Waals surface area contributed by atoms with Gasteiger partial charge in [-0.3, -0.25) is 0 Å². The van der Waals surface area contributed by atoms with Gasteiger partial charge in [0.15, 0.2) is 0 Å². The minimum absolute atomic E-state index is 0.0487. The summed E-state index contributed by atoms with van der Waals surface area (Å²) in [6, 6.07) is 3.39. The number of rotatable bonds is 2. The van der Waals surface area contributed by atoms with Crippen LogP contribution in [-0.2, 0) is 0 Å². The highest BCUT2D eigenvalue weighted by Gasteiger charge is 2.44. The van der Waals surface area contributed by atoms with Crippen LogP contribution in [-0.4, -0.2) is 39.9 Å². The Kier molecular flexibility index (Phi) is 3.26. The average molecular weight is 264 g/mol. The molecule has 0 saturated carbocycles. The summed E-state index contributed by atoms with van der Waals surface area (Å²) < 4.78 is 0. The molecule has 2 N–H and O–H groups in total. The van der Waals surface area contributed by atoms with Crippen LogP contribution in [0.25, 0.3) is 0 Å². The van der Waals surface area contributed by atoms with E-state index in [0.717, 1.165) is 5.69 Å². The van der Waals surface area contributed by atoms with E-state index in [4.69, 9.17) is 5.11 Å². The first-order valence-corrected chi connectivity index (χ1v) is 6.40. The molecule has 5 heteroatoms. The fraction of sp³-hybridized carbons (Fsp3) is 0.571. The number of carboxylic acid groups (broad SMARTS) is 1. The molecule has 0 radical (unpaired) electrons. The van der Waals surface area contributed by atoms with Crippen LogP contribution in [0.4, 0.5) is 5.69 Å². The Morgan fingerprint density at radius 1 is 1.42 bits per heavy atom. The molecule has 0 amide bonds. The van der Waals surface area contributed by atoms with Gasteiger partial charge in [-0.15, -0.1) is 0 Å². The highest BCUT2D eigenvalue weighted by Crippen LogP contribution is 2.39. The van der Waals surface area contributed by atoms with Crippen molar-refractivity contribution in [2.75, 3.05) is 18.0 Å². The molecule has 1 atom stereocenters. The third-order valence-electron chi connectivity index (χ3n) is 4.24. The lowest BCUT2D eigenvalue weighted by molar-refractivity contribution is -0.0649. The van der Waals surface area contributed by atoms with Crippen molar-refractivity contribution in [3.63, 3.8) is 0 Å². The van der Waals surface area contributed by atoms with Gasteiger partial charge in [-0.05, 0) is 25.5 Å². The van der Waals surface area contributed by atoms with Gasteiger partial charge in [0.1, 0.15) is 5.69 Å². The Labute approximate surface area is 112 Å². The highest BCUT2D eigenvalue weighted by atomic mass is 16.4. The highest BCUT2D eigenvalue weighted by molar-refractivity contribution is 5.86. The van der Waals surface area contributed by atoms with Crippen LogP contribution in [0.3, 0.4) is 0 Å². The van der Waals surface area contributed by atoms with Crippen molar-refractivity contribution in [2.45, 2.75) is 32.8 Å². The van der Waals surface area contributed by atoms with Gasteiger partial charge < -0.3 is 15.1 Å². The first-order valence-electron chi connectivity index (χ1n) is 6.40. The Morgan fingerprint density at radius 2 is 2.11 bits per heavy atom. The Morgan fingerprint density at radius 3 is 2.68 bits per heavy atom. The van der Waals surface area contributed by atoms with Crippen LogP contribution in [0.2, 0.25) is 0 Å². The molecular weight excluding hydrogens is 244 g/mol. The number of hydrogen-bond acceptors (Lipinski definition) is 4. The van der Waals surface area contributed by atoms with E-state index in [9.17, 15) is 9.90 Å². The fourth-order valence-electron chi connectivity index (χ4n) is 2.37. The summed E-state index contributed by atoms with van der Waals surface area (Å²) in [7, 11) is 0. The van der Waals surface area contributed by atoms with Gasteiger partial charge in [0.2, 0.25) is 0 Å². The van der Waals surface area contributed by atoms with Crippen LogP contribution in [0.5, 0.6) is 0 Å². The van der Waals surface area contributed by atoms with E-state index >= 15 is 0 Å². The lowest BCUT2D eigenvalue weighted by Crippen LogP contribution is -2.55. The molecule has 1 aromatic heterocycles. The molecule has 1 aromatic rings. The number of hydrogen-bond donors (Lipinski definition) is 2. The number of carbonyl (C=O) groups is 1. The van der Waals surface area contributed by atoms with Crippen molar-refractivity contribution in [1.29, 1.82) is 0 Å². The van der Waals surface area contributed by atoms with Gasteiger partial charge in [-0.25, -0.2) is 9.78 Å². The molecule has 0 spiro atoms. The van der Waals surface area contributed by atoms with Crippen molar-refractivity contribution < 1.29 is 15.0 Å². The molecule has 0 bridgehead atoms. The van der Waals surface area contributed by atoms with Crippen LogP contribution < -0.4 is 4.90 Å². The monoisotopic (exact) mass is 264 g/mol. The van der Waals surface area contributed by atoms with Crippen LogP contribution in [0.15, 0.2) is 18.3 Å². The van der Waals surface area contributed by atoms with Crippen molar-refractivity contribution in [3.8, 4) is 0 Å². The standard InChI is InChI=1S/C14H20N2O3/c1-13(2)9-16(7-5-14(13,3)19)10-4-6-15-11(8-10)12(17)18/h4,6,8,19H,5,7,9H2,1-3H3,(H,17,18)/t14-/m0/s1. The third-order valence-corrected chi connectivity index (χ3v) is 4.24. The molecule has 2 heterocycles. The predicted molar refractivity (Wildman–Crippen MR) is 72.4 cm³/mol. The smallest absolute Gasteiger partial charge is 0.354 e. The van der Waals surface area contributed by atoms with Crippen molar-refractivity contribution >= 4 is 11.7 Å². The first-order chi connectivity index (χ1) is 8.73. The number of nitrogens with zero attached hydrogens (tertiary/aromatic N) is 2. The molecule has 0 aliphatic carbocycles. The Balaban J connectivity index is 2.25. The maximum atomic E-state index is 10.9. The normalized spacial score (nSPS) is 26.2. The average Bonchev–Trinajstić information content (AvgIpc) is 2.33. The van der Waals surface area contributed by atoms with E-state index < -0.39 is 11.6 Å². The molecule has 5 nitrogen and oxygen atoms in total. The second-order valence-corrected chi connectivity index (χ2v) is 6.03. The minimum Gasteiger partial charge on any atom is -0.477 e. The number of anilines is 1. The largest absolute Gasteiger partial charge is 0.477 e. The van der Waals surface area contributed by atoms with Crippen LogP contribution in [0, 0.1) is 5.41 Å². The van der Waals surface area contributed by atoms with Gasteiger partial charge in [0.05, 0.1) is 5.60 Å². The van der Waals surface area contributed by atoms with Crippen LogP contribution >= 0.6 is 0 Å². The molecule has 0 unspecified atom stereocenters. The second kappa shape index (κ2) is 4.49. The molecule has 19 heavy (non-hydrogen) atoms. The molecule has 0 aromatic carbocycles.